The van der Waals surface area contributed by atoms with E-state index in [0.29, 0.717) is 38.3 Å². The minimum Gasteiger partial charge on any atom is -0.353 e. The van der Waals surface area contributed by atoms with E-state index in [-0.39, 0.29) is 17.6 Å². The van der Waals surface area contributed by atoms with Gasteiger partial charge in [-0.2, -0.15) is 5.26 Å². The van der Waals surface area contributed by atoms with E-state index in [2.05, 4.69) is 22.0 Å². The van der Waals surface area contributed by atoms with E-state index in [1.54, 1.807) is 31.2 Å². The van der Waals surface area contributed by atoms with Crippen LogP contribution in [0.5, 0.6) is 0 Å². The Kier molecular flexibility index (Phi) is 7.93. The number of carbonyl (C=O) groups excluding carboxylic acids is 2. The van der Waals surface area contributed by atoms with E-state index in [4.69, 9.17) is 11.6 Å². The van der Waals surface area contributed by atoms with E-state index in [1.807, 2.05) is 47.8 Å². The second-order valence-corrected chi connectivity index (χ2v) is 10.0. The number of thioether (sulfide) groups is 1. The normalized spacial score (nSPS) is 15.3. The first-order valence-electron chi connectivity index (χ1n) is 10.7. The summed E-state index contributed by atoms with van der Waals surface area (Å²) in [7, 11) is 0. The molecule has 1 atom stereocenters. The molecule has 1 aromatic heterocycles. The average molecular weight is 521 g/mol. The number of halogens is 1. The second-order valence-electron chi connectivity index (χ2n) is 7.63. The van der Waals surface area contributed by atoms with Crippen LogP contribution in [0.25, 0.3) is 0 Å². The predicted molar refractivity (Wildman–Crippen MR) is 143 cm³/mol. The number of nitrogens with one attached hydrogen (secondary N) is 3. The third kappa shape index (κ3) is 5.95. The molecule has 1 aliphatic heterocycles. The van der Waals surface area contributed by atoms with Crippen molar-refractivity contribution in [2.75, 3.05) is 16.4 Å². The molecule has 2 aromatic carbocycles. The van der Waals surface area contributed by atoms with Crippen LogP contribution in [0, 0.1) is 11.3 Å². The van der Waals surface area contributed by atoms with Gasteiger partial charge in [0.1, 0.15) is 0 Å². The zero-order valence-electron chi connectivity index (χ0n) is 18.7. The molecule has 35 heavy (non-hydrogen) atoms. The van der Waals surface area contributed by atoms with Crippen LogP contribution in [0.1, 0.15) is 17.7 Å². The first-order chi connectivity index (χ1) is 17.0. The Morgan fingerprint density at radius 2 is 1.86 bits per heavy atom. The molecule has 3 aromatic rings. The topological polar surface area (TPSA) is 94.0 Å². The third-order valence-corrected chi connectivity index (χ3v) is 7.40. The van der Waals surface area contributed by atoms with Gasteiger partial charge < -0.3 is 16.0 Å². The number of rotatable bonds is 7. The number of anilines is 2. The summed E-state index contributed by atoms with van der Waals surface area (Å²) < 4.78 is 0. The van der Waals surface area contributed by atoms with Crippen LogP contribution >= 0.6 is 34.7 Å². The number of nitrogens with zero attached hydrogens (tertiary/aromatic N) is 1. The zero-order chi connectivity index (χ0) is 24.8. The molecule has 3 N–H and O–H groups in total. The molecular formula is C26H21ClN4O2S2. The van der Waals surface area contributed by atoms with E-state index < -0.39 is 5.92 Å². The molecular weight excluding hydrogens is 500 g/mol. The minimum atomic E-state index is -0.538. The Morgan fingerprint density at radius 3 is 2.54 bits per heavy atom. The highest BCUT2D eigenvalue weighted by Gasteiger charge is 2.35. The van der Waals surface area contributed by atoms with Gasteiger partial charge in [0.2, 0.25) is 5.91 Å². The second kappa shape index (κ2) is 11.3. The minimum absolute atomic E-state index is 0.0794. The van der Waals surface area contributed by atoms with Gasteiger partial charge in [0.25, 0.3) is 5.91 Å². The molecule has 1 aliphatic rings. The lowest BCUT2D eigenvalue weighted by atomic mass is 9.86. The SMILES string of the molecule is CC1=C(C(=O)Nc2ccccc2)[C@H](c2cccs2)C(C#N)=C(SCC(=O)Nc2cccc(Cl)c2)N1. The maximum Gasteiger partial charge on any atom is 0.254 e. The van der Waals surface area contributed by atoms with Gasteiger partial charge in [-0.3, -0.25) is 9.59 Å². The summed E-state index contributed by atoms with van der Waals surface area (Å²) in [5.41, 5.74) is 2.77. The summed E-state index contributed by atoms with van der Waals surface area (Å²) in [6.07, 6.45) is 0. The molecule has 2 amide bonds. The molecule has 9 heteroatoms. The molecule has 0 saturated carbocycles. The Bertz CT molecular complexity index is 1350. The van der Waals surface area contributed by atoms with Gasteiger partial charge in [0.05, 0.1) is 28.3 Å². The van der Waals surface area contributed by atoms with Crippen molar-refractivity contribution in [3.8, 4) is 6.07 Å². The number of carbonyl (C=O) groups is 2. The highest BCUT2D eigenvalue weighted by atomic mass is 35.5. The van der Waals surface area contributed by atoms with Crippen LogP contribution in [0.2, 0.25) is 5.02 Å². The number of allylic oxidation sites excluding steroid dienone is 2. The quantitative estimate of drug-likeness (QED) is 0.349. The summed E-state index contributed by atoms with van der Waals surface area (Å²) in [5.74, 6) is -0.972. The van der Waals surface area contributed by atoms with Crippen molar-refractivity contribution in [1.82, 2.24) is 5.32 Å². The summed E-state index contributed by atoms with van der Waals surface area (Å²) in [6, 6.07) is 22.2. The lowest BCUT2D eigenvalue weighted by Crippen LogP contribution is -2.30. The maximum atomic E-state index is 13.3. The molecule has 176 valence electrons. The fraction of sp³-hybridized carbons (Fsp3) is 0.115. The first-order valence-corrected chi connectivity index (χ1v) is 12.9. The third-order valence-electron chi connectivity index (χ3n) is 5.21. The van der Waals surface area contributed by atoms with Gasteiger partial charge in [-0.15, -0.1) is 11.3 Å². The fourth-order valence-corrected chi connectivity index (χ4v) is 5.61. The standard InChI is InChI=1S/C26H21ClN4O2S2/c1-16-23(25(33)31-18-8-3-2-4-9-18)24(21-11-6-12-34-21)20(14-28)26(29-16)35-15-22(32)30-19-10-5-7-17(27)13-19/h2-13,24,29H,15H2,1H3,(H,30,32)(H,31,33)/t24-/m0/s1. The van der Waals surface area contributed by atoms with E-state index in [1.165, 1.54) is 23.1 Å². The molecule has 6 nitrogen and oxygen atoms in total. The van der Waals surface area contributed by atoms with Gasteiger partial charge in [-0.25, -0.2) is 0 Å². The number of dihydropyridines is 1. The van der Waals surface area contributed by atoms with Crippen LogP contribution in [-0.4, -0.2) is 17.6 Å². The number of hydrogen-bond acceptors (Lipinski definition) is 6. The Labute approximate surface area is 216 Å². The zero-order valence-corrected chi connectivity index (χ0v) is 21.1. The van der Waals surface area contributed by atoms with Gasteiger partial charge in [-0.05, 0) is 48.7 Å². The highest BCUT2D eigenvalue weighted by molar-refractivity contribution is 8.03. The number of nitriles is 1. The predicted octanol–water partition coefficient (Wildman–Crippen LogP) is 6.11. The number of hydrogen-bond donors (Lipinski definition) is 3. The van der Waals surface area contributed by atoms with Crippen molar-refractivity contribution in [3.63, 3.8) is 0 Å². The molecule has 4 rings (SSSR count). The maximum absolute atomic E-state index is 13.3. The molecule has 0 fully saturated rings. The van der Waals surface area contributed by atoms with Crippen LogP contribution in [-0.2, 0) is 9.59 Å². The molecule has 2 heterocycles. The van der Waals surface area contributed by atoms with Gasteiger partial charge in [-0.1, -0.05) is 53.7 Å². The molecule has 0 aliphatic carbocycles. The van der Waals surface area contributed by atoms with E-state index >= 15 is 0 Å². The lowest BCUT2D eigenvalue weighted by molar-refractivity contribution is -0.114. The first kappa shape index (κ1) is 24.6. The van der Waals surface area contributed by atoms with Crippen LogP contribution < -0.4 is 16.0 Å². The van der Waals surface area contributed by atoms with E-state index in [0.717, 1.165) is 4.88 Å². The van der Waals surface area contributed by atoms with Crippen molar-refractivity contribution in [2.24, 2.45) is 0 Å². The summed E-state index contributed by atoms with van der Waals surface area (Å²) in [5, 5.41) is 22.0. The van der Waals surface area contributed by atoms with Crippen molar-refractivity contribution >= 4 is 57.9 Å². The van der Waals surface area contributed by atoms with Crippen molar-refractivity contribution in [2.45, 2.75) is 12.8 Å². The van der Waals surface area contributed by atoms with Gasteiger partial charge in [0.15, 0.2) is 0 Å². The fourth-order valence-electron chi connectivity index (χ4n) is 3.69. The Morgan fingerprint density at radius 1 is 1.09 bits per heavy atom. The number of amides is 2. The molecule has 0 radical (unpaired) electrons. The smallest absolute Gasteiger partial charge is 0.254 e. The van der Waals surface area contributed by atoms with Crippen molar-refractivity contribution < 1.29 is 9.59 Å². The van der Waals surface area contributed by atoms with Crippen LogP contribution in [0.3, 0.4) is 0 Å². The Hall–Kier alpha value is -3.51. The molecule has 0 saturated heterocycles. The molecule has 0 spiro atoms. The monoisotopic (exact) mass is 520 g/mol. The average Bonchev–Trinajstić information content (AvgIpc) is 3.37. The van der Waals surface area contributed by atoms with Gasteiger partial charge >= 0.3 is 0 Å². The highest BCUT2D eigenvalue weighted by Crippen LogP contribution is 2.42. The Balaban J connectivity index is 1.58. The summed E-state index contributed by atoms with van der Waals surface area (Å²) >= 11 is 8.69. The number of benzene rings is 2. The van der Waals surface area contributed by atoms with Crippen LogP contribution in [0.4, 0.5) is 11.4 Å². The summed E-state index contributed by atoms with van der Waals surface area (Å²) in [6.45, 7) is 1.81. The van der Waals surface area contributed by atoms with Crippen molar-refractivity contribution in [1.29, 1.82) is 5.26 Å². The molecule has 0 bridgehead atoms. The lowest BCUT2D eigenvalue weighted by Gasteiger charge is -2.29. The molecule has 0 unspecified atom stereocenters. The number of thiophene rings is 1. The van der Waals surface area contributed by atoms with Gasteiger partial charge in [0, 0.05) is 32.5 Å². The van der Waals surface area contributed by atoms with Crippen LogP contribution in [0.15, 0.2) is 94.0 Å². The number of para-hydroxylation sites is 1. The summed E-state index contributed by atoms with van der Waals surface area (Å²) in [4.78, 5) is 26.8. The van der Waals surface area contributed by atoms with E-state index in [9.17, 15) is 14.9 Å². The van der Waals surface area contributed by atoms with Crippen molar-refractivity contribution in [3.05, 3.63) is 104 Å². The largest absolute Gasteiger partial charge is 0.353 e.